The first-order valence-corrected chi connectivity index (χ1v) is 8.01. The van der Waals surface area contributed by atoms with Gasteiger partial charge in [-0.3, -0.25) is 14.8 Å². The van der Waals surface area contributed by atoms with Crippen molar-refractivity contribution in [2.45, 2.75) is 50.8 Å². The summed E-state index contributed by atoms with van der Waals surface area (Å²) in [6, 6.07) is 5.83. The van der Waals surface area contributed by atoms with Crippen LogP contribution in [-0.2, 0) is 16.0 Å². The van der Waals surface area contributed by atoms with Crippen molar-refractivity contribution in [1.82, 2.24) is 5.48 Å². The van der Waals surface area contributed by atoms with E-state index in [1.54, 1.807) is 12.1 Å². The monoisotopic (exact) mass is 358 g/mol. The van der Waals surface area contributed by atoms with Gasteiger partial charge in [0, 0.05) is 5.92 Å². The molecule has 1 rings (SSSR count). The van der Waals surface area contributed by atoms with Crippen LogP contribution in [0, 0.1) is 11.7 Å². The lowest BCUT2D eigenvalue weighted by atomic mass is 9.89. The first-order valence-electron chi connectivity index (χ1n) is 8.01. The number of nitrogens with one attached hydrogen (secondary N) is 1. The predicted molar refractivity (Wildman–Crippen MR) is 86.7 cm³/mol. The summed E-state index contributed by atoms with van der Waals surface area (Å²) in [6.45, 7) is 1.02. The van der Waals surface area contributed by atoms with Crippen LogP contribution in [0.2, 0.25) is 0 Å². The second-order valence-electron chi connectivity index (χ2n) is 6.33. The number of aliphatic hydroxyl groups excluding tert-OH is 1. The molecule has 0 fully saturated rings. The molecule has 0 saturated heterocycles. The topological polar surface area (TPSA) is 113 Å². The Balaban J connectivity index is 2.57. The van der Waals surface area contributed by atoms with E-state index in [1.807, 2.05) is 0 Å². The second kappa shape index (κ2) is 9.43. The van der Waals surface area contributed by atoms with Crippen molar-refractivity contribution in [3.05, 3.63) is 35.6 Å². The molecule has 0 radical (unpaired) electrons. The Morgan fingerprint density at radius 3 is 2.40 bits per heavy atom. The zero-order chi connectivity index (χ0) is 19.0. The number of aryl methyl sites for hydroxylation is 1. The number of amides is 2. The van der Waals surface area contributed by atoms with Gasteiger partial charge in [-0.25, -0.2) is 14.3 Å². The van der Waals surface area contributed by atoms with Gasteiger partial charge in [0.2, 0.25) is 5.91 Å². The van der Waals surface area contributed by atoms with E-state index in [0.717, 1.165) is 12.5 Å². The van der Waals surface area contributed by atoms with Crippen LogP contribution in [0.1, 0.15) is 38.2 Å². The van der Waals surface area contributed by atoms with Crippen molar-refractivity contribution < 1.29 is 28.7 Å². The molecule has 25 heavy (non-hydrogen) atoms. The van der Waals surface area contributed by atoms with Gasteiger partial charge < -0.3 is 10.8 Å². The van der Waals surface area contributed by atoms with Gasteiger partial charge in [0.25, 0.3) is 5.91 Å². The summed E-state index contributed by atoms with van der Waals surface area (Å²) in [4.78, 5) is 22.7. The second-order valence-corrected chi connectivity index (χ2v) is 6.33. The zero-order valence-electron chi connectivity index (χ0n) is 14.0. The number of rotatable bonds is 10. The van der Waals surface area contributed by atoms with E-state index in [2.05, 4.69) is 0 Å². The summed E-state index contributed by atoms with van der Waals surface area (Å²) in [6.07, 6.45) is -0.476. The third kappa shape index (κ3) is 7.15. The first-order chi connectivity index (χ1) is 11.7. The minimum Gasteiger partial charge on any atom is -0.393 e. The fourth-order valence-electron chi connectivity index (χ4n) is 2.45. The van der Waals surface area contributed by atoms with Crippen molar-refractivity contribution in [3.8, 4) is 0 Å². The number of carbonyl (C=O) groups excluding carboxylic acids is 2. The van der Waals surface area contributed by atoms with Crippen LogP contribution in [0.25, 0.3) is 0 Å². The molecule has 0 aliphatic rings. The Bertz CT molecular complexity index is 579. The normalized spacial score (nSPS) is 15.9. The highest BCUT2D eigenvalue weighted by Crippen LogP contribution is 2.24. The first kappa shape index (κ1) is 21.0. The molecule has 0 aliphatic heterocycles. The molecule has 3 unspecified atom stereocenters. The number of hydroxylamine groups is 1. The summed E-state index contributed by atoms with van der Waals surface area (Å²) in [5, 5.41) is 18.9. The molecule has 2 amide bonds. The van der Waals surface area contributed by atoms with Gasteiger partial charge in [-0.05, 0) is 56.7 Å². The number of nitrogens with two attached hydrogens (primary N) is 1. The zero-order valence-corrected chi connectivity index (χ0v) is 14.0. The Morgan fingerprint density at radius 1 is 1.28 bits per heavy atom. The molecule has 1 aromatic rings. The molecular formula is C17H24F2N2O4. The molecular weight excluding hydrogens is 334 g/mol. The lowest BCUT2D eigenvalue weighted by Gasteiger charge is -2.22. The Morgan fingerprint density at radius 2 is 1.88 bits per heavy atom. The van der Waals surface area contributed by atoms with Crippen LogP contribution >= 0.6 is 0 Å². The summed E-state index contributed by atoms with van der Waals surface area (Å²) in [5.41, 5.74) is 4.99. The van der Waals surface area contributed by atoms with Crippen LogP contribution in [-0.4, -0.2) is 33.9 Å². The molecule has 0 heterocycles. The SMILES string of the molecule is CC(F)(CCC(CC(O)CCc1ccc(F)cc1)C(=O)NO)C(N)=O. The average Bonchev–Trinajstić information content (AvgIpc) is 2.57. The van der Waals surface area contributed by atoms with Crippen molar-refractivity contribution in [1.29, 1.82) is 0 Å². The number of alkyl halides is 1. The van der Waals surface area contributed by atoms with Gasteiger partial charge in [-0.1, -0.05) is 12.1 Å². The number of carbonyl (C=O) groups is 2. The minimum atomic E-state index is -2.27. The molecule has 140 valence electrons. The Labute approximate surface area is 145 Å². The maximum Gasteiger partial charge on any atom is 0.254 e. The summed E-state index contributed by atoms with van der Waals surface area (Å²) in [7, 11) is 0. The maximum atomic E-state index is 13.9. The molecule has 1 aromatic carbocycles. The summed E-state index contributed by atoms with van der Waals surface area (Å²) < 4.78 is 26.8. The van der Waals surface area contributed by atoms with E-state index < -0.39 is 29.5 Å². The molecule has 0 saturated carbocycles. The van der Waals surface area contributed by atoms with Gasteiger partial charge in [0.1, 0.15) is 5.82 Å². The molecule has 0 bridgehead atoms. The van der Waals surface area contributed by atoms with Crippen molar-refractivity contribution in [2.24, 2.45) is 11.7 Å². The Kier molecular flexibility index (Phi) is 7.92. The maximum absolute atomic E-state index is 13.9. The number of benzene rings is 1. The van der Waals surface area contributed by atoms with Gasteiger partial charge >= 0.3 is 0 Å². The van der Waals surface area contributed by atoms with E-state index in [-0.39, 0.29) is 25.1 Å². The van der Waals surface area contributed by atoms with Crippen molar-refractivity contribution in [3.63, 3.8) is 0 Å². The quantitative estimate of drug-likeness (QED) is 0.376. The predicted octanol–water partition coefficient (Wildman–Crippen LogP) is 1.62. The molecule has 0 spiro atoms. The van der Waals surface area contributed by atoms with E-state index in [4.69, 9.17) is 10.9 Å². The fraction of sp³-hybridized carbons (Fsp3) is 0.529. The fourth-order valence-corrected chi connectivity index (χ4v) is 2.45. The van der Waals surface area contributed by atoms with Gasteiger partial charge in [-0.15, -0.1) is 0 Å². The number of halogens is 2. The lowest BCUT2D eigenvalue weighted by molar-refractivity contribution is -0.136. The van der Waals surface area contributed by atoms with Gasteiger partial charge in [0.15, 0.2) is 5.67 Å². The Hall–Kier alpha value is -2.06. The van der Waals surface area contributed by atoms with Gasteiger partial charge in [-0.2, -0.15) is 0 Å². The van der Waals surface area contributed by atoms with E-state index >= 15 is 0 Å². The summed E-state index contributed by atoms with van der Waals surface area (Å²) in [5.74, 6) is -3.12. The summed E-state index contributed by atoms with van der Waals surface area (Å²) >= 11 is 0. The molecule has 5 N–H and O–H groups in total. The van der Waals surface area contributed by atoms with Crippen molar-refractivity contribution >= 4 is 11.8 Å². The van der Waals surface area contributed by atoms with Crippen LogP contribution in [0.4, 0.5) is 8.78 Å². The lowest BCUT2D eigenvalue weighted by Crippen LogP contribution is -2.38. The molecule has 3 atom stereocenters. The minimum absolute atomic E-state index is 0.0115. The van der Waals surface area contributed by atoms with Crippen LogP contribution < -0.4 is 11.2 Å². The molecule has 6 nitrogen and oxygen atoms in total. The van der Waals surface area contributed by atoms with Crippen LogP contribution in [0.3, 0.4) is 0 Å². The van der Waals surface area contributed by atoms with Crippen LogP contribution in [0.5, 0.6) is 0 Å². The number of aliphatic hydroxyl groups is 1. The molecule has 0 aliphatic carbocycles. The standard InChI is InChI=1S/C17H24F2N2O4/c1-17(19,16(20)24)9-8-12(15(23)21-25)10-14(22)7-4-11-2-5-13(18)6-3-11/h2-3,5-6,12,14,22,25H,4,7-10H2,1H3,(H2,20,24)(H,21,23). The average molecular weight is 358 g/mol. The number of primary amides is 1. The van der Waals surface area contributed by atoms with E-state index in [9.17, 15) is 23.5 Å². The largest absolute Gasteiger partial charge is 0.393 e. The molecule has 0 aromatic heterocycles. The van der Waals surface area contributed by atoms with E-state index in [1.165, 1.54) is 17.6 Å². The van der Waals surface area contributed by atoms with Crippen molar-refractivity contribution in [2.75, 3.05) is 0 Å². The van der Waals surface area contributed by atoms with Crippen LogP contribution in [0.15, 0.2) is 24.3 Å². The third-order valence-corrected chi connectivity index (χ3v) is 4.19. The number of hydrogen-bond donors (Lipinski definition) is 4. The number of hydrogen-bond acceptors (Lipinski definition) is 4. The smallest absolute Gasteiger partial charge is 0.254 e. The highest BCUT2D eigenvalue weighted by molar-refractivity contribution is 5.83. The highest BCUT2D eigenvalue weighted by atomic mass is 19.1. The third-order valence-electron chi connectivity index (χ3n) is 4.19. The van der Waals surface area contributed by atoms with E-state index in [0.29, 0.717) is 12.8 Å². The molecule has 8 heteroatoms. The van der Waals surface area contributed by atoms with Gasteiger partial charge in [0.05, 0.1) is 6.10 Å². The highest BCUT2D eigenvalue weighted by Gasteiger charge is 2.33.